The summed E-state index contributed by atoms with van der Waals surface area (Å²) in [6, 6.07) is 5.77. The average molecular weight is 441 g/mol. The number of halogens is 1. The molecule has 4 rings (SSSR count). The number of hydrogen-bond donors (Lipinski definition) is 1. The number of pyridine rings is 1. The van der Waals surface area contributed by atoms with Crippen LogP contribution < -0.4 is 15.0 Å². The van der Waals surface area contributed by atoms with Crippen LogP contribution in [0.5, 0.6) is 11.5 Å². The number of carbonyl (C=O) groups excluding carboxylic acids is 1. The van der Waals surface area contributed by atoms with E-state index >= 15 is 0 Å². The highest BCUT2D eigenvalue weighted by Gasteiger charge is 2.18. The number of benzene rings is 1. The number of aromatic nitrogens is 3. The van der Waals surface area contributed by atoms with Gasteiger partial charge < -0.3 is 19.1 Å². The number of nitrogens with zero attached hydrogens (tertiary/aromatic N) is 4. The van der Waals surface area contributed by atoms with Crippen LogP contribution in [0.15, 0.2) is 36.7 Å². The van der Waals surface area contributed by atoms with E-state index in [1.54, 1.807) is 45.3 Å². The molecule has 0 unspecified atom stereocenters. The first-order valence-corrected chi connectivity index (χ1v) is 10.2. The SMILES string of the molecule is CC(C)(C)OC(=O)Nc1ccc(Oc2ccnc3ncc(N4CCOCC4)nc23)cc1F. The van der Waals surface area contributed by atoms with Gasteiger partial charge in [0.15, 0.2) is 22.7 Å². The molecule has 3 aromatic rings. The Balaban J connectivity index is 1.55. The molecule has 0 radical (unpaired) electrons. The summed E-state index contributed by atoms with van der Waals surface area (Å²) in [6.45, 7) is 7.87. The molecule has 1 N–H and O–H groups in total. The van der Waals surface area contributed by atoms with Gasteiger partial charge in [0.05, 0.1) is 25.1 Å². The van der Waals surface area contributed by atoms with E-state index in [-0.39, 0.29) is 11.4 Å². The third-order valence-electron chi connectivity index (χ3n) is 4.54. The molecule has 1 aliphatic rings. The lowest BCUT2D eigenvalue weighted by Gasteiger charge is -2.27. The fourth-order valence-corrected chi connectivity index (χ4v) is 3.12. The Labute approximate surface area is 184 Å². The van der Waals surface area contributed by atoms with Crippen molar-refractivity contribution in [1.82, 2.24) is 15.0 Å². The monoisotopic (exact) mass is 441 g/mol. The Morgan fingerprint density at radius 2 is 1.97 bits per heavy atom. The van der Waals surface area contributed by atoms with Crippen molar-refractivity contribution in [1.29, 1.82) is 0 Å². The molecule has 1 saturated heterocycles. The Bertz CT molecular complexity index is 1130. The number of ether oxygens (including phenoxy) is 3. The van der Waals surface area contributed by atoms with Crippen molar-refractivity contribution in [2.24, 2.45) is 0 Å². The molecule has 1 aromatic carbocycles. The Hall–Kier alpha value is -3.53. The van der Waals surface area contributed by atoms with Crippen molar-refractivity contribution in [2.75, 3.05) is 36.5 Å². The molecule has 1 fully saturated rings. The second-order valence-corrected chi connectivity index (χ2v) is 8.18. The van der Waals surface area contributed by atoms with E-state index in [2.05, 4.69) is 25.2 Å². The van der Waals surface area contributed by atoms with Gasteiger partial charge in [-0.1, -0.05) is 0 Å². The molecule has 2 aromatic heterocycles. The van der Waals surface area contributed by atoms with Crippen LogP contribution in [0, 0.1) is 5.82 Å². The highest BCUT2D eigenvalue weighted by molar-refractivity contribution is 5.85. The van der Waals surface area contributed by atoms with Crippen LogP contribution in [0.3, 0.4) is 0 Å². The maximum atomic E-state index is 14.6. The average Bonchev–Trinajstić information content (AvgIpc) is 2.75. The van der Waals surface area contributed by atoms with Crippen LogP contribution in [-0.4, -0.2) is 52.9 Å². The molecule has 10 heteroatoms. The van der Waals surface area contributed by atoms with Gasteiger partial charge in [0.2, 0.25) is 0 Å². The summed E-state index contributed by atoms with van der Waals surface area (Å²) in [6.07, 6.45) is 2.48. The third-order valence-corrected chi connectivity index (χ3v) is 4.54. The summed E-state index contributed by atoms with van der Waals surface area (Å²) in [5.74, 6) is 0.668. The second kappa shape index (κ2) is 8.91. The molecule has 0 aliphatic carbocycles. The van der Waals surface area contributed by atoms with Gasteiger partial charge in [-0.05, 0) is 32.9 Å². The van der Waals surface area contributed by atoms with Crippen molar-refractivity contribution in [3.05, 3.63) is 42.5 Å². The highest BCUT2D eigenvalue weighted by Crippen LogP contribution is 2.30. The fraction of sp³-hybridized carbons (Fsp3) is 0.364. The smallest absolute Gasteiger partial charge is 0.412 e. The van der Waals surface area contributed by atoms with Crippen molar-refractivity contribution < 1.29 is 23.4 Å². The van der Waals surface area contributed by atoms with Gasteiger partial charge in [-0.2, -0.15) is 0 Å². The predicted octanol–water partition coefficient (Wildman–Crippen LogP) is 4.14. The van der Waals surface area contributed by atoms with Crippen LogP contribution in [-0.2, 0) is 9.47 Å². The summed E-state index contributed by atoms with van der Waals surface area (Å²) in [5.41, 5.74) is 0.185. The minimum absolute atomic E-state index is 0.0134. The number of nitrogens with one attached hydrogen (secondary N) is 1. The molecule has 0 bridgehead atoms. The molecule has 9 nitrogen and oxygen atoms in total. The molecule has 1 aliphatic heterocycles. The van der Waals surface area contributed by atoms with Crippen LogP contribution >= 0.6 is 0 Å². The zero-order chi connectivity index (χ0) is 22.7. The largest absolute Gasteiger partial charge is 0.455 e. The maximum absolute atomic E-state index is 14.6. The van der Waals surface area contributed by atoms with Gasteiger partial charge in [-0.25, -0.2) is 24.1 Å². The molecule has 0 spiro atoms. The van der Waals surface area contributed by atoms with Crippen LogP contribution in [0.25, 0.3) is 11.2 Å². The number of anilines is 2. The second-order valence-electron chi connectivity index (χ2n) is 8.18. The summed E-state index contributed by atoms with van der Waals surface area (Å²) in [7, 11) is 0. The normalized spacial score (nSPS) is 14.3. The Morgan fingerprint density at radius 1 is 1.19 bits per heavy atom. The van der Waals surface area contributed by atoms with E-state index in [9.17, 15) is 9.18 Å². The van der Waals surface area contributed by atoms with Crippen molar-refractivity contribution >= 4 is 28.8 Å². The van der Waals surface area contributed by atoms with Crippen molar-refractivity contribution in [2.45, 2.75) is 26.4 Å². The lowest BCUT2D eigenvalue weighted by Crippen LogP contribution is -2.36. The fourth-order valence-electron chi connectivity index (χ4n) is 3.12. The van der Waals surface area contributed by atoms with Crippen LogP contribution in [0.2, 0.25) is 0 Å². The van der Waals surface area contributed by atoms with Crippen LogP contribution in [0.1, 0.15) is 20.8 Å². The summed E-state index contributed by atoms with van der Waals surface area (Å²) >= 11 is 0. The third kappa shape index (κ3) is 5.20. The number of rotatable bonds is 4. The Morgan fingerprint density at radius 3 is 2.69 bits per heavy atom. The Kier molecular flexibility index (Phi) is 6.04. The van der Waals surface area contributed by atoms with Gasteiger partial charge in [-0.3, -0.25) is 5.32 Å². The number of amides is 1. The van der Waals surface area contributed by atoms with E-state index in [0.29, 0.717) is 49.0 Å². The summed E-state index contributed by atoms with van der Waals surface area (Å²) < 4.78 is 31.0. The van der Waals surface area contributed by atoms with E-state index in [0.717, 1.165) is 0 Å². The quantitative estimate of drug-likeness (QED) is 0.645. The molecule has 3 heterocycles. The zero-order valence-electron chi connectivity index (χ0n) is 18.1. The topological polar surface area (TPSA) is 98.7 Å². The van der Waals surface area contributed by atoms with Crippen molar-refractivity contribution in [3.8, 4) is 11.5 Å². The minimum atomic E-state index is -0.740. The molecule has 0 atom stereocenters. The lowest BCUT2D eigenvalue weighted by molar-refractivity contribution is 0.0635. The number of carbonyl (C=O) groups is 1. The number of fused-ring (bicyclic) bond motifs is 1. The summed E-state index contributed by atoms with van der Waals surface area (Å²) in [4.78, 5) is 27.2. The van der Waals surface area contributed by atoms with Gasteiger partial charge >= 0.3 is 6.09 Å². The molecule has 168 valence electrons. The first kappa shape index (κ1) is 21.7. The van der Waals surface area contributed by atoms with Gasteiger partial charge in [0.25, 0.3) is 0 Å². The number of morpholine rings is 1. The molecule has 0 saturated carbocycles. The molecule has 32 heavy (non-hydrogen) atoms. The standard InChI is InChI=1S/C22H24FN5O4/c1-22(2,3)32-21(29)26-16-5-4-14(12-15(16)23)31-17-6-7-24-20-19(17)27-18(13-25-20)28-8-10-30-11-9-28/h4-7,12-13H,8-11H2,1-3H3,(H,26,29). The van der Waals surface area contributed by atoms with E-state index in [1.165, 1.54) is 12.1 Å². The minimum Gasteiger partial charge on any atom is -0.455 e. The lowest BCUT2D eigenvalue weighted by atomic mass is 10.2. The van der Waals surface area contributed by atoms with Crippen LogP contribution in [0.4, 0.5) is 20.7 Å². The maximum Gasteiger partial charge on any atom is 0.412 e. The predicted molar refractivity (Wildman–Crippen MR) is 117 cm³/mol. The van der Waals surface area contributed by atoms with Gasteiger partial charge in [0, 0.05) is 31.4 Å². The van der Waals surface area contributed by atoms with E-state index < -0.39 is 17.5 Å². The molecule has 1 amide bonds. The van der Waals surface area contributed by atoms with Gasteiger partial charge in [-0.15, -0.1) is 0 Å². The van der Waals surface area contributed by atoms with Gasteiger partial charge in [0.1, 0.15) is 17.2 Å². The van der Waals surface area contributed by atoms with E-state index in [4.69, 9.17) is 14.2 Å². The zero-order valence-corrected chi connectivity index (χ0v) is 18.1. The highest BCUT2D eigenvalue weighted by atomic mass is 19.1. The first-order chi connectivity index (χ1) is 15.3. The number of hydrogen-bond acceptors (Lipinski definition) is 8. The van der Waals surface area contributed by atoms with E-state index in [1.807, 2.05) is 0 Å². The molecular weight excluding hydrogens is 417 g/mol. The van der Waals surface area contributed by atoms with Crippen molar-refractivity contribution in [3.63, 3.8) is 0 Å². The summed E-state index contributed by atoms with van der Waals surface area (Å²) in [5, 5.41) is 2.39. The molecular formula is C22H24FN5O4. The first-order valence-electron chi connectivity index (χ1n) is 10.2.